The van der Waals surface area contributed by atoms with Crippen molar-refractivity contribution in [2.24, 2.45) is 5.73 Å². The highest BCUT2D eigenvalue weighted by Gasteiger charge is 2.34. The van der Waals surface area contributed by atoms with Gasteiger partial charge >= 0.3 is 0 Å². The van der Waals surface area contributed by atoms with E-state index in [2.05, 4.69) is 21.3 Å². The number of para-hydroxylation sites is 1. The Kier molecular flexibility index (Phi) is 2.89. The molecule has 1 fully saturated rings. The van der Waals surface area contributed by atoms with E-state index in [-0.39, 0.29) is 5.91 Å². The van der Waals surface area contributed by atoms with Crippen LogP contribution in [0.2, 0.25) is 0 Å². The van der Waals surface area contributed by atoms with Gasteiger partial charge in [0.25, 0.3) is 5.91 Å². The standard InChI is InChI=1S/C16H20N4O/c17-6-7-18-16(21)12-3-1-2-11-14(12)19-13-10-4-8-20(9-5-10)15(11)13/h1-3,10,19H,4-9,17H2,(H,18,21). The van der Waals surface area contributed by atoms with Crippen molar-refractivity contribution in [1.29, 1.82) is 0 Å². The summed E-state index contributed by atoms with van der Waals surface area (Å²) < 4.78 is 0. The summed E-state index contributed by atoms with van der Waals surface area (Å²) in [5, 5.41) is 4.04. The van der Waals surface area contributed by atoms with Gasteiger partial charge in [0.15, 0.2) is 0 Å². The summed E-state index contributed by atoms with van der Waals surface area (Å²) in [4.78, 5) is 18.3. The largest absolute Gasteiger partial charge is 0.370 e. The molecule has 21 heavy (non-hydrogen) atoms. The van der Waals surface area contributed by atoms with Crippen molar-refractivity contribution in [1.82, 2.24) is 10.3 Å². The smallest absolute Gasteiger partial charge is 0.253 e. The summed E-state index contributed by atoms with van der Waals surface area (Å²) in [5.41, 5.74) is 9.79. The number of nitrogens with one attached hydrogen (secondary N) is 2. The number of fused-ring (bicyclic) bond motifs is 3. The first kappa shape index (κ1) is 12.7. The molecule has 5 rings (SSSR count). The van der Waals surface area contributed by atoms with Crippen molar-refractivity contribution < 1.29 is 4.79 Å². The van der Waals surface area contributed by atoms with E-state index < -0.39 is 0 Å². The highest BCUT2D eigenvalue weighted by atomic mass is 16.1. The minimum absolute atomic E-state index is 0.0491. The van der Waals surface area contributed by atoms with E-state index in [0.29, 0.717) is 19.0 Å². The number of carbonyl (C=O) groups excluding carboxylic acids is 1. The molecule has 5 nitrogen and oxygen atoms in total. The maximum absolute atomic E-state index is 12.3. The number of benzene rings is 1. The quantitative estimate of drug-likeness (QED) is 0.800. The third kappa shape index (κ3) is 1.84. The van der Waals surface area contributed by atoms with Gasteiger partial charge in [-0.1, -0.05) is 12.1 Å². The molecule has 2 aromatic rings. The molecule has 0 radical (unpaired) electrons. The van der Waals surface area contributed by atoms with Crippen molar-refractivity contribution in [2.45, 2.75) is 18.8 Å². The number of anilines is 1. The average molecular weight is 284 g/mol. The van der Waals surface area contributed by atoms with Crippen LogP contribution in [-0.4, -0.2) is 37.1 Å². The lowest BCUT2D eigenvalue weighted by atomic mass is 9.87. The first-order chi connectivity index (χ1) is 10.3. The van der Waals surface area contributed by atoms with Crippen LogP contribution in [0.3, 0.4) is 0 Å². The molecule has 0 saturated carbocycles. The maximum atomic E-state index is 12.3. The molecule has 1 aromatic carbocycles. The van der Waals surface area contributed by atoms with Gasteiger partial charge in [-0.05, 0) is 18.9 Å². The van der Waals surface area contributed by atoms with Crippen LogP contribution in [0.1, 0.15) is 34.8 Å². The van der Waals surface area contributed by atoms with E-state index in [1.165, 1.54) is 29.6 Å². The first-order valence-corrected chi connectivity index (χ1v) is 7.67. The molecule has 0 aliphatic carbocycles. The van der Waals surface area contributed by atoms with Crippen molar-refractivity contribution in [2.75, 3.05) is 31.1 Å². The van der Waals surface area contributed by atoms with E-state index in [1.807, 2.05) is 12.1 Å². The fourth-order valence-electron chi connectivity index (χ4n) is 3.72. The maximum Gasteiger partial charge on any atom is 0.253 e. The number of amides is 1. The van der Waals surface area contributed by atoms with Crippen LogP contribution in [0, 0.1) is 0 Å². The molecule has 3 aliphatic heterocycles. The summed E-state index contributed by atoms with van der Waals surface area (Å²) in [6.45, 7) is 3.23. The Bertz CT molecular complexity index is 698. The third-order valence-corrected chi connectivity index (χ3v) is 4.73. The second-order valence-corrected chi connectivity index (χ2v) is 5.92. The number of aromatic amines is 1. The Labute approximate surface area is 123 Å². The van der Waals surface area contributed by atoms with Gasteiger partial charge in [0.2, 0.25) is 0 Å². The second-order valence-electron chi connectivity index (χ2n) is 5.92. The number of H-pyrrole nitrogens is 1. The van der Waals surface area contributed by atoms with Crippen molar-refractivity contribution in [3.8, 4) is 0 Å². The molecular weight excluding hydrogens is 264 g/mol. The molecule has 3 aliphatic rings. The van der Waals surface area contributed by atoms with Crippen LogP contribution in [0.4, 0.5) is 5.69 Å². The molecule has 5 heteroatoms. The Balaban J connectivity index is 1.84. The highest BCUT2D eigenvalue weighted by Crippen LogP contribution is 2.46. The lowest BCUT2D eigenvalue weighted by Crippen LogP contribution is -2.38. The zero-order valence-electron chi connectivity index (χ0n) is 12.0. The van der Waals surface area contributed by atoms with Crippen LogP contribution >= 0.6 is 0 Å². The molecule has 1 saturated heterocycles. The van der Waals surface area contributed by atoms with Crippen LogP contribution in [0.15, 0.2) is 18.2 Å². The first-order valence-electron chi connectivity index (χ1n) is 7.67. The Morgan fingerprint density at radius 1 is 1.38 bits per heavy atom. The minimum Gasteiger partial charge on any atom is -0.370 e. The van der Waals surface area contributed by atoms with Gasteiger partial charge in [0.1, 0.15) is 0 Å². The van der Waals surface area contributed by atoms with E-state index in [0.717, 1.165) is 24.2 Å². The molecule has 1 aromatic heterocycles. The molecular formula is C16H20N4O. The SMILES string of the molecule is NCCNC(=O)c1cccc2c3c([nH]c12)C1CCN3CC1. The van der Waals surface area contributed by atoms with Crippen molar-refractivity contribution in [3.05, 3.63) is 29.5 Å². The predicted molar refractivity (Wildman–Crippen MR) is 83.9 cm³/mol. The Hall–Kier alpha value is -2.01. The molecule has 0 atom stereocenters. The predicted octanol–water partition coefficient (Wildman–Crippen LogP) is 1.55. The second kappa shape index (κ2) is 4.77. The summed E-state index contributed by atoms with van der Waals surface area (Å²) in [7, 11) is 0. The van der Waals surface area contributed by atoms with Crippen LogP contribution in [-0.2, 0) is 0 Å². The highest BCUT2D eigenvalue weighted by molar-refractivity contribution is 6.09. The number of nitrogens with two attached hydrogens (primary N) is 1. The third-order valence-electron chi connectivity index (χ3n) is 4.73. The van der Waals surface area contributed by atoms with Gasteiger partial charge in [0.05, 0.1) is 16.8 Å². The lowest BCUT2D eigenvalue weighted by Gasteiger charge is -2.40. The van der Waals surface area contributed by atoms with Crippen molar-refractivity contribution in [3.63, 3.8) is 0 Å². The van der Waals surface area contributed by atoms with Gasteiger partial charge in [0, 0.05) is 43.2 Å². The van der Waals surface area contributed by atoms with E-state index >= 15 is 0 Å². The molecule has 4 N–H and O–H groups in total. The van der Waals surface area contributed by atoms with Crippen LogP contribution in [0.5, 0.6) is 0 Å². The lowest BCUT2D eigenvalue weighted by molar-refractivity contribution is 0.0956. The molecule has 0 unspecified atom stereocenters. The monoisotopic (exact) mass is 284 g/mol. The number of aromatic nitrogens is 1. The summed E-state index contributed by atoms with van der Waals surface area (Å²) >= 11 is 0. The topological polar surface area (TPSA) is 74.1 Å². The van der Waals surface area contributed by atoms with Gasteiger partial charge in [-0.3, -0.25) is 4.79 Å². The number of hydrogen-bond donors (Lipinski definition) is 3. The van der Waals surface area contributed by atoms with E-state index in [1.54, 1.807) is 0 Å². The van der Waals surface area contributed by atoms with Crippen LogP contribution < -0.4 is 16.0 Å². The average Bonchev–Trinajstić information content (AvgIpc) is 2.95. The van der Waals surface area contributed by atoms with Crippen LogP contribution in [0.25, 0.3) is 10.9 Å². The molecule has 4 heterocycles. The zero-order chi connectivity index (χ0) is 14.4. The van der Waals surface area contributed by atoms with Gasteiger partial charge in [-0.15, -0.1) is 0 Å². The number of rotatable bonds is 3. The fourth-order valence-corrected chi connectivity index (χ4v) is 3.72. The zero-order valence-corrected chi connectivity index (χ0v) is 12.0. The van der Waals surface area contributed by atoms with Gasteiger partial charge in [-0.25, -0.2) is 0 Å². The molecule has 2 bridgehead atoms. The molecule has 1 amide bonds. The Morgan fingerprint density at radius 3 is 2.95 bits per heavy atom. The summed E-state index contributed by atoms with van der Waals surface area (Å²) in [6.07, 6.45) is 2.43. The normalized spacial score (nSPS) is 17.3. The van der Waals surface area contributed by atoms with Gasteiger partial charge < -0.3 is 20.9 Å². The van der Waals surface area contributed by atoms with Gasteiger partial charge in [-0.2, -0.15) is 0 Å². The van der Waals surface area contributed by atoms with E-state index in [4.69, 9.17) is 5.73 Å². The molecule has 110 valence electrons. The number of hydrogen-bond acceptors (Lipinski definition) is 3. The Morgan fingerprint density at radius 2 is 2.19 bits per heavy atom. The van der Waals surface area contributed by atoms with Crippen molar-refractivity contribution >= 4 is 22.5 Å². The number of carbonyl (C=O) groups is 1. The molecule has 0 spiro atoms. The minimum atomic E-state index is -0.0491. The number of piperidine rings is 1. The summed E-state index contributed by atoms with van der Waals surface area (Å²) in [5.74, 6) is 0.573. The summed E-state index contributed by atoms with van der Waals surface area (Å²) in [6, 6.07) is 5.97. The fraction of sp³-hybridized carbons (Fsp3) is 0.438. The number of nitrogens with zero attached hydrogens (tertiary/aromatic N) is 1. The van der Waals surface area contributed by atoms with E-state index in [9.17, 15) is 4.79 Å².